The first-order valence-electron chi connectivity index (χ1n) is 16.3. The van der Waals surface area contributed by atoms with Crippen molar-refractivity contribution in [2.75, 3.05) is 37.8 Å². The molecular weight excluding hydrogens is 660 g/mol. The van der Waals surface area contributed by atoms with Crippen molar-refractivity contribution in [3.8, 4) is 6.07 Å². The Labute approximate surface area is 296 Å². The molecule has 6 rings (SSSR count). The van der Waals surface area contributed by atoms with E-state index in [4.69, 9.17) is 33.3 Å². The Bertz CT molecular complexity index is 1990. The van der Waals surface area contributed by atoms with E-state index in [1.165, 1.54) is 23.9 Å². The summed E-state index contributed by atoms with van der Waals surface area (Å²) in [5.74, 6) is -0.532. The molecule has 3 heterocycles. The van der Waals surface area contributed by atoms with Crippen LogP contribution in [0.4, 0.5) is 21.5 Å². The lowest BCUT2D eigenvalue weighted by Gasteiger charge is -2.40. The molecule has 2 N–H and O–H groups in total. The molecule has 0 bridgehead atoms. The summed E-state index contributed by atoms with van der Waals surface area (Å²) in [6.07, 6.45) is 5.55. The van der Waals surface area contributed by atoms with E-state index in [0.717, 1.165) is 43.7 Å². The van der Waals surface area contributed by atoms with Crippen LogP contribution in [-0.2, 0) is 6.54 Å². The molecule has 0 amide bonds. The molecule has 5 aromatic rings. The van der Waals surface area contributed by atoms with Gasteiger partial charge in [0.25, 0.3) is 0 Å². The smallest absolute Gasteiger partial charge is 0.141 e. The number of likely N-dealkylation sites (tertiary alicyclic amines) is 1. The van der Waals surface area contributed by atoms with Crippen molar-refractivity contribution in [1.82, 2.24) is 29.8 Å². The van der Waals surface area contributed by atoms with Crippen LogP contribution in [0.3, 0.4) is 0 Å². The fourth-order valence-corrected chi connectivity index (χ4v) is 6.78. The molecule has 2 aromatic heterocycles. The third-order valence-corrected chi connectivity index (χ3v) is 9.48. The molecule has 0 radical (unpaired) electrons. The molecular formula is C37H40Cl2FN9. The van der Waals surface area contributed by atoms with Gasteiger partial charge in [0.2, 0.25) is 0 Å². The van der Waals surface area contributed by atoms with Gasteiger partial charge < -0.3 is 15.5 Å². The Balaban J connectivity index is 1.38. The summed E-state index contributed by atoms with van der Waals surface area (Å²) in [4.78, 5) is 9.35. The van der Waals surface area contributed by atoms with Crippen molar-refractivity contribution in [2.24, 2.45) is 0 Å². The van der Waals surface area contributed by atoms with Crippen molar-refractivity contribution < 1.29 is 4.39 Å². The third kappa shape index (κ3) is 7.81. The van der Waals surface area contributed by atoms with Crippen LogP contribution in [0.25, 0.3) is 10.9 Å². The summed E-state index contributed by atoms with van der Waals surface area (Å²) in [5, 5.41) is 27.3. The van der Waals surface area contributed by atoms with Crippen molar-refractivity contribution in [2.45, 2.75) is 57.8 Å². The standard InChI is InChI=1S/C37H40Cl2FN9/c1-37(2,3)48-14-12-28(13-15-48)49-22-33(45-46-49)35(24-8-6-23(7-9-24)21-47(4)5)44-32-17-26(38)16-29-34(25(19-41)20-42-36(29)32)43-27-10-11-31(40)30(39)18-27/h6-11,16-18,20,22,28,35,44H,12-15,21H2,1-5H3,(H,42,43)/t35-/m0/s1. The number of nitrogens with zero attached hydrogens (tertiary/aromatic N) is 7. The van der Waals surface area contributed by atoms with Gasteiger partial charge in [0.15, 0.2) is 0 Å². The van der Waals surface area contributed by atoms with E-state index in [-0.39, 0.29) is 22.6 Å². The highest BCUT2D eigenvalue weighted by Gasteiger charge is 2.29. The molecule has 12 heteroatoms. The van der Waals surface area contributed by atoms with Crippen LogP contribution in [0.5, 0.6) is 0 Å². The number of benzene rings is 3. The van der Waals surface area contributed by atoms with Gasteiger partial charge in [-0.1, -0.05) is 52.7 Å². The molecule has 9 nitrogen and oxygen atoms in total. The SMILES string of the molecule is CN(C)Cc1ccc([C@H](Nc2cc(Cl)cc3c(Nc4ccc(F)c(Cl)c4)c(C#N)cnc23)c2cn(C3CCN(C(C)(C)C)CC3)nn2)cc1. The predicted octanol–water partition coefficient (Wildman–Crippen LogP) is 8.59. The van der Waals surface area contributed by atoms with E-state index in [1.807, 2.05) is 31.0 Å². The summed E-state index contributed by atoms with van der Waals surface area (Å²) < 4.78 is 15.9. The lowest BCUT2D eigenvalue weighted by molar-refractivity contribution is 0.0866. The van der Waals surface area contributed by atoms with Gasteiger partial charge in [-0.3, -0.25) is 9.88 Å². The zero-order valence-corrected chi connectivity index (χ0v) is 29.8. The van der Waals surface area contributed by atoms with E-state index < -0.39 is 5.82 Å². The fourth-order valence-electron chi connectivity index (χ4n) is 6.38. The first-order valence-corrected chi connectivity index (χ1v) is 17.1. The number of anilines is 3. The molecule has 1 aliphatic rings. The van der Waals surface area contributed by atoms with Gasteiger partial charge in [0, 0.05) is 47.5 Å². The summed E-state index contributed by atoms with van der Waals surface area (Å²) in [6.45, 7) is 9.60. The number of fused-ring (bicyclic) bond motifs is 1. The lowest BCUT2D eigenvalue weighted by Crippen LogP contribution is -2.46. The monoisotopic (exact) mass is 699 g/mol. The highest BCUT2D eigenvalue weighted by molar-refractivity contribution is 6.32. The number of halogens is 3. The molecule has 0 unspecified atom stereocenters. The molecule has 0 aliphatic carbocycles. The van der Waals surface area contributed by atoms with Gasteiger partial charge in [-0.25, -0.2) is 9.07 Å². The lowest BCUT2D eigenvalue weighted by atomic mass is 9.98. The molecule has 0 saturated carbocycles. The Hall–Kier alpha value is -4.27. The van der Waals surface area contributed by atoms with Crippen molar-refractivity contribution >= 4 is 51.2 Å². The maximum absolute atomic E-state index is 13.9. The van der Waals surface area contributed by atoms with Crippen molar-refractivity contribution in [3.63, 3.8) is 0 Å². The summed E-state index contributed by atoms with van der Waals surface area (Å²) in [5.41, 5.74) is 5.64. The van der Waals surface area contributed by atoms with Crippen molar-refractivity contribution in [1.29, 1.82) is 5.26 Å². The van der Waals surface area contributed by atoms with Crippen LogP contribution >= 0.6 is 23.2 Å². The van der Waals surface area contributed by atoms with Crippen LogP contribution in [0, 0.1) is 17.1 Å². The molecule has 0 spiro atoms. The zero-order chi connectivity index (χ0) is 34.9. The number of rotatable bonds is 9. The largest absolute Gasteiger partial charge is 0.371 e. The summed E-state index contributed by atoms with van der Waals surface area (Å²) in [6, 6.07) is 18.4. The van der Waals surface area contributed by atoms with Gasteiger partial charge in [-0.05, 0) is 89.2 Å². The minimum atomic E-state index is -0.532. The second-order valence-electron chi connectivity index (χ2n) is 13.8. The number of hydrogen-bond acceptors (Lipinski definition) is 8. The predicted molar refractivity (Wildman–Crippen MR) is 195 cm³/mol. The van der Waals surface area contributed by atoms with Crippen LogP contribution in [0.2, 0.25) is 10.0 Å². The van der Waals surface area contributed by atoms with Crippen LogP contribution in [0.1, 0.15) is 68.1 Å². The zero-order valence-electron chi connectivity index (χ0n) is 28.3. The quantitative estimate of drug-likeness (QED) is 0.158. The maximum Gasteiger partial charge on any atom is 0.141 e. The van der Waals surface area contributed by atoms with Gasteiger partial charge in [0.1, 0.15) is 17.6 Å². The second-order valence-corrected chi connectivity index (χ2v) is 14.7. The Kier molecular flexibility index (Phi) is 10.1. The molecule has 1 aliphatic heterocycles. The molecule has 1 saturated heterocycles. The highest BCUT2D eigenvalue weighted by Crippen LogP contribution is 2.38. The normalized spacial score (nSPS) is 15.0. The van der Waals surface area contributed by atoms with Gasteiger partial charge in [-0.2, -0.15) is 5.26 Å². The Morgan fingerprint density at radius 1 is 1.06 bits per heavy atom. The fraction of sp³-hybridized carbons (Fsp3) is 0.351. The number of piperidine rings is 1. The van der Waals surface area contributed by atoms with E-state index in [9.17, 15) is 9.65 Å². The van der Waals surface area contributed by atoms with Gasteiger partial charge >= 0.3 is 0 Å². The van der Waals surface area contributed by atoms with Crippen molar-refractivity contribution in [3.05, 3.63) is 105 Å². The third-order valence-electron chi connectivity index (χ3n) is 8.97. The number of pyridine rings is 1. The molecule has 1 fully saturated rings. The molecule has 254 valence electrons. The topological polar surface area (TPSA) is 97.9 Å². The van der Waals surface area contributed by atoms with Gasteiger partial charge in [0.05, 0.1) is 45.8 Å². The first-order chi connectivity index (χ1) is 23.4. The molecule has 1 atom stereocenters. The van der Waals surface area contributed by atoms with E-state index >= 15 is 0 Å². The van der Waals surface area contributed by atoms with E-state index in [0.29, 0.717) is 38.6 Å². The summed E-state index contributed by atoms with van der Waals surface area (Å²) in [7, 11) is 4.09. The number of hydrogen-bond donors (Lipinski definition) is 2. The van der Waals surface area contributed by atoms with Crippen LogP contribution < -0.4 is 10.6 Å². The maximum atomic E-state index is 13.9. The average molecular weight is 701 g/mol. The Morgan fingerprint density at radius 2 is 1.80 bits per heavy atom. The minimum Gasteiger partial charge on any atom is -0.371 e. The average Bonchev–Trinajstić information content (AvgIpc) is 3.55. The number of nitrogens with one attached hydrogen (secondary N) is 2. The minimum absolute atomic E-state index is 0.0329. The number of aromatic nitrogens is 4. The van der Waals surface area contributed by atoms with E-state index in [1.54, 1.807) is 12.1 Å². The highest BCUT2D eigenvalue weighted by atomic mass is 35.5. The Morgan fingerprint density at radius 3 is 2.45 bits per heavy atom. The molecule has 49 heavy (non-hydrogen) atoms. The summed E-state index contributed by atoms with van der Waals surface area (Å²) >= 11 is 12.8. The molecule has 3 aromatic carbocycles. The van der Waals surface area contributed by atoms with Crippen LogP contribution in [0.15, 0.2) is 67.0 Å². The number of nitriles is 1. The van der Waals surface area contributed by atoms with Crippen LogP contribution in [-0.4, -0.2) is 62.5 Å². The van der Waals surface area contributed by atoms with Gasteiger partial charge in [-0.15, -0.1) is 5.10 Å². The second kappa shape index (κ2) is 14.3. The van der Waals surface area contributed by atoms with E-state index in [2.05, 4.69) is 76.8 Å². The first kappa shape index (κ1) is 34.6.